The highest BCUT2D eigenvalue weighted by atomic mass is 16.5. The predicted molar refractivity (Wildman–Crippen MR) is 74.3 cm³/mol. The van der Waals surface area contributed by atoms with Gasteiger partial charge in [-0.2, -0.15) is 0 Å². The minimum Gasteiger partial charge on any atom is -0.465 e. The van der Waals surface area contributed by atoms with Crippen LogP contribution in [0.1, 0.15) is 37.9 Å². The molecule has 100 valence electrons. The van der Waals surface area contributed by atoms with Crippen LogP contribution in [0, 0.1) is 0 Å². The molecule has 0 spiro atoms. The Bertz CT molecular complexity index is 527. The molecule has 1 atom stereocenters. The van der Waals surface area contributed by atoms with Crippen LogP contribution in [0.15, 0.2) is 35.0 Å². The van der Waals surface area contributed by atoms with Crippen LogP contribution in [0.3, 0.4) is 0 Å². The molecule has 19 heavy (non-hydrogen) atoms. The monoisotopic (exact) mass is 259 g/mol. The normalized spacial score (nSPS) is 11.1. The molecular formula is C14H17N3O2. The Labute approximate surface area is 112 Å². The largest absolute Gasteiger partial charge is 0.465 e. The molecule has 0 amide bonds. The summed E-state index contributed by atoms with van der Waals surface area (Å²) >= 11 is 0. The fraction of sp³-hybridized carbons (Fsp3) is 0.357. The van der Waals surface area contributed by atoms with Gasteiger partial charge in [0.1, 0.15) is 0 Å². The number of carbonyl (C=O) groups excluding carboxylic acids is 1. The summed E-state index contributed by atoms with van der Waals surface area (Å²) < 4.78 is 4.95. The number of benzene rings is 1. The highest BCUT2D eigenvalue weighted by molar-refractivity contribution is 5.79. The molecule has 0 aliphatic heterocycles. The Kier molecular flexibility index (Phi) is 5.64. The van der Waals surface area contributed by atoms with E-state index < -0.39 is 12.0 Å². The van der Waals surface area contributed by atoms with E-state index in [0.717, 1.165) is 11.1 Å². The molecule has 0 heterocycles. The molecule has 0 saturated carbocycles. The lowest BCUT2D eigenvalue weighted by atomic mass is 9.99. The van der Waals surface area contributed by atoms with Crippen molar-refractivity contribution in [1.29, 1.82) is 0 Å². The van der Waals surface area contributed by atoms with Crippen molar-refractivity contribution in [2.45, 2.75) is 26.8 Å². The number of hydrogen-bond acceptors (Lipinski definition) is 3. The highest BCUT2D eigenvalue weighted by Gasteiger charge is 2.22. The van der Waals surface area contributed by atoms with Gasteiger partial charge in [0.05, 0.1) is 6.61 Å². The summed E-state index contributed by atoms with van der Waals surface area (Å²) in [6.45, 7) is 5.89. The maximum absolute atomic E-state index is 11.9. The van der Waals surface area contributed by atoms with Gasteiger partial charge in [-0.05, 0) is 37.4 Å². The zero-order chi connectivity index (χ0) is 14.3. The Morgan fingerprint density at radius 3 is 2.74 bits per heavy atom. The summed E-state index contributed by atoms with van der Waals surface area (Å²) in [5, 5.41) is 3.56. The number of esters is 1. The van der Waals surface area contributed by atoms with Crippen LogP contribution >= 0.6 is 0 Å². The van der Waals surface area contributed by atoms with Gasteiger partial charge < -0.3 is 4.74 Å². The second-order valence-electron chi connectivity index (χ2n) is 4.21. The van der Waals surface area contributed by atoms with Crippen LogP contribution in [0.25, 0.3) is 16.5 Å². The van der Waals surface area contributed by atoms with Crippen molar-refractivity contribution < 1.29 is 9.53 Å². The SMILES string of the molecule is CCOC(=O)C(N=[N+]=[N-])c1ccccc1C=C(C)C. The van der Waals surface area contributed by atoms with Gasteiger partial charge in [-0.15, -0.1) is 0 Å². The number of allylic oxidation sites excluding steroid dienone is 1. The van der Waals surface area contributed by atoms with Crippen molar-refractivity contribution in [3.05, 3.63) is 51.4 Å². The lowest BCUT2D eigenvalue weighted by Gasteiger charge is -2.13. The highest BCUT2D eigenvalue weighted by Crippen LogP contribution is 2.25. The molecule has 5 heteroatoms. The average Bonchev–Trinajstić information content (AvgIpc) is 2.36. The molecule has 1 rings (SSSR count). The maximum atomic E-state index is 11.9. The molecule has 1 unspecified atom stereocenters. The minimum atomic E-state index is -0.947. The Balaban J connectivity index is 3.26. The van der Waals surface area contributed by atoms with Gasteiger partial charge in [0, 0.05) is 4.91 Å². The number of carbonyl (C=O) groups is 1. The van der Waals surface area contributed by atoms with Crippen LogP contribution < -0.4 is 0 Å². The molecule has 0 bridgehead atoms. The first-order valence-corrected chi connectivity index (χ1v) is 6.04. The van der Waals surface area contributed by atoms with Crippen molar-refractivity contribution in [3.63, 3.8) is 0 Å². The van der Waals surface area contributed by atoms with Gasteiger partial charge in [-0.25, -0.2) is 0 Å². The average molecular weight is 259 g/mol. The Morgan fingerprint density at radius 2 is 2.16 bits per heavy atom. The van der Waals surface area contributed by atoms with Gasteiger partial charge in [-0.3, -0.25) is 4.79 Å². The van der Waals surface area contributed by atoms with E-state index in [-0.39, 0.29) is 6.61 Å². The molecule has 0 aromatic heterocycles. The number of rotatable bonds is 5. The smallest absolute Gasteiger partial charge is 0.319 e. The second kappa shape index (κ2) is 7.24. The molecule has 0 aliphatic rings. The van der Waals surface area contributed by atoms with E-state index in [2.05, 4.69) is 10.0 Å². The van der Waals surface area contributed by atoms with E-state index in [1.807, 2.05) is 32.1 Å². The van der Waals surface area contributed by atoms with Crippen molar-refractivity contribution >= 4 is 12.0 Å². The summed E-state index contributed by atoms with van der Waals surface area (Å²) in [5.74, 6) is -0.532. The van der Waals surface area contributed by atoms with Crippen LogP contribution in [-0.4, -0.2) is 12.6 Å². The van der Waals surface area contributed by atoms with Crippen molar-refractivity contribution in [2.24, 2.45) is 5.11 Å². The van der Waals surface area contributed by atoms with E-state index in [0.29, 0.717) is 5.56 Å². The Hall–Kier alpha value is -2.26. The van der Waals surface area contributed by atoms with E-state index in [4.69, 9.17) is 10.3 Å². The van der Waals surface area contributed by atoms with E-state index >= 15 is 0 Å². The molecule has 1 aromatic rings. The minimum absolute atomic E-state index is 0.251. The lowest BCUT2D eigenvalue weighted by molar-refractivity contribution is -0.144. The fourth-order valence-electron chi connectivity index (χ4n) is 1.71. The topological polar surface area (TPSA) is 75.1 Å². The van der Waals surface area contributed by atoms with Crippen LogP contribution in [0.2, 0.25) is 0 Å². The first kappa shape index (κ1) is 14.8. The molecular weight excluding hydrogens is 242 g/mol. The second-order valence-corrected chi connectivity index (χ2v) is 4.21. The van der Waals surface area contributed by atoms with Crippen molar-refractivity contribution in [1.82, 2.24) is 0 Å². The fourth-order valence-corrected chi connectivity index (χ4v) is 1.71. The summed E-state index contributed by atoms with van der Waals surface area (Å²) in [4.78, 5) is 14.6. The maximum Gasteiger partial charge on any atom is 0.319 e. The van der Waals surface area contributed by atoms with E-state index in [1.54, 1.807) is 19.1 Å². The lowest BCUT2D eigenvalue weighted by Crippen LogP contribution is -2.14. The molecule has 5 nitrogen and oxygen atoms in total. The number of ether oxygens (including phenoxy) is 1. The first-order valence-electron chi connectivity index (χ1n) is 6.04. The number of azide groups is 1. The van der Waals surface area contributed by atoms with Gasteiger partial charge in [0.2, 0.25) is 0 Å². The van der Waals surface area contributed by atoms with E-state index in [9.17, 15) is 4.79 Å². The quantitative estimate of drug-likeness (QED) is 0.346. The summed E-state index contributed by atoms with van der Waals surface area (Å²) in [6.07, 6.45) is 1.94. The predicted octanol–water partition coefficient (Wildman–Crippen LogP) is 4.02. The van der Waals surface area contributed by atoms with Gasteiger partial charge in [0.25, 0.3) is 0 Å². The zero-order valence-electron chi connectivity index (χ0n) is 11.3. The van der Waals surface area contributed by atoms with Crippen LogP contribution in [-0.2, 0) is 9.53 Å². The number of hydrogen-bond donors (Lipinski definition) is 0. The molecule has 0 N–H and O–H groups in total. The first-order chi connectivity index (χ1) is 9.10. The molecule has 0 aliphatic carbocycles. The van der Waals surface area contributed by atoms with Gasteiger partial charge >= 0.3 is 5.97 Å². The summed E-state index contributed by atoms with van der Waals surface area (Å²) in [5.41, 5.74) is 11.2. The standard InChI is InChI=1S/C14H17N3O2/c1-4-19-14(18)13(16-17-15)12-8-6-5-7-11(12)9-10(2)3/h5-9,13H,4H2,1-3H3. The van der Waals surface area contributed by atoms with Gasteiger partial charge in [0.15, 0.2) is 6.04 Å². The summed E-state index contributed by atoms with van der Waals surface area (Å²) in [6, 6.07) is 6.37. The molecule has 0 fully saturated rings. The zero-order valence-corrected chi connectivity index (χ0v) is 11.3. The third-order valence-corrected chi connectivity index (χ3v) is 2.41. The third kappa shape index (κ3) is 4.16. The van der Waals surface area contributed by atoms with Crippen molar-refractivity contribution in [2.75, 3.05) is 6.61 Å². The van der Waals surface area contributed by atoms with E-state index in [1.165, 1.54) is 0 Å². The molecule has 0 radical (unpaired) electrons. The van der Waals surface area contributed by atoms with Gasteiger partial charge in [-0.1, -0.05) is 41.0 Å². The van der Waals surface area contributed by atoms with Crippen LogP contribution in [0.5, 0.6) is 0 Å². The molecule has 0 saturated heterocycles. The van der Waals surface area contributed by atoms with Crippen LogP contribution in [0.4, 0.5) is 0 Å². The Morgan fingerprint density at radius 1 is 1.47 bits per heavy atom. The summed E-state index contributed by atoms with van der Waals surface area (Å²) in [7, 11) is 0. The van der Waals surface area contributed by atoms with Crippen molar-refractivity contribution in [3.8, 4) is 0 Å². The third-order valence-electron chi connectivity index (χ3n) is 2.41. The molecule has 1 aromatic carbocycles. The number of nitrogens with zero attached hydrogens (tertiary/aromatic N) is 3.